The van der Waals surface area contributed by atoms with Crippen molar-refractivity contribution in [3.05, 3.63) is 95.6 Å². The molecule has 0 aromatic heterocycles. The molecule has 3 N–H and O–H groups in total. The zero-order valence-electron chi connectivity index (χ0n) is 17.9. The van der Waals surface area contributed by atoms with E-state index >= 15 is 0 Å². The summed E-state index contributed by atoms with van der Waals surface area (Å²) >= 11 is 0. The predicted octanol–water partition coefficient (Wildman–Crippen LogP) is 2.26. The molecular weight excluding hydrogens is 442 g/mol. The number of carbonyl (C=O) groups is 3. The maximum atomic E-state index is 12.9. The molecule has 0 atom stereocenters. The van der Waals surface area contributed by atoms with E-state index in [0.717, 1.165) is 5.56 Å². The van der Waals surface area contributed by atoms with Gasteiger partial charge >= 0.3 is 0 Å². The highest BCUT2D eigenvalue weighted by Gasteiger charge is 2.17. The van der Waals surface area contributed by atoms with Crippen LogP contribution in [0.3, 0.4) is 0 Å². The minimum Gasteiger partial charge on any atom is -0.346 e. The first kappa shape index (κ1) is 23.8. The van der Waals surface area contributed by atoms with Crippen molar-refractivity contribution in [2.24, 2.45) is 0 Å². The normalized spacial score (nSPS) is 10.9. The van der Waals surface area contributed by atoms with Crippen molar-refractivity contribution in [2.75, 3.05) is 18.4 Å². The fraction of sp³-hybridized carbons (Fsp3) is 0.125. The van der Waals surface area contributed by atoms with Crippen LogP contribution < -0.4 is 15.4 Å². The van der Waals surface area contributed by atoms with E-state index in [9.17, 15) is 22.8 Å². The minimum absolute atomic E-state index is 0.0329. The average molecular weight is 466 g/mol. The Bertz CT molecular complexity index is 1260. The van der Waals surface area contributed by atoms with Gasteiger partial charge in [0, 0.05) is 11.1 Å². The standard InChI is InChI=1S/C24H23N3O5S/c1-17-12-13-21(20(14-17)24(30)18-8-4-2-5-9-18)27-23(29)15-25-22(28)16-26-33(31,32)19-10-6-3-7-11-19/h2-14,26H,15-16H2,1H3,(H,25,28)(H,27,29). The van der Waals surface area contributed by atoms with E-state index in [-0.39, 0.29) is 10.7 Å². The third-order valence-electron chi connectivity index (χ3n) is 4.65. The molecule has 0 fully saturated rings. The SMILES string of the molecule is Cc1ccc(NC(=O)CNC(=O)CNS(=O)(=O)c2ccccc2)c(C(=O)c2ccccc2)c1. The Balaban J connectivity index is 1.58. The van der Waals surface area contributed by atoms with Gasteiger partial charge in [-0.2, -0.15) is 0 Å². The fourth-order valence-electron chi connectivity index (χ4n) is 2.98. The van der Waals surface area contributed by atoms with Crippen molar-refractivity contribution < 1.29 is 22.8 Å². The summed E-state index contributed by atoms with van der Waals surface area (Å²) in [6, 6.07) is 21.4. The molecule has 0 bridgehead atoms. The lowest BCUT2D eigenvalue weighted by molar-refractivity contribution is -0.123. The first-order valence-electron chi connectivity index (χ1n) is 10.1. The Hall–Kier alpha value is -3.82. The van der Waals surface area contributed by atoms with Crippen LogP contribution in [0.25, 0.3) is 0 Å². The van der Waals surface area contributed by atoms with Crippen molar-refractivity contribution in [1.29, 1.82) is 0 Å². The molecule has 0 aliphatic heterocycles. The monoisotopic (exact) mass is 465 g/mol. The summed E-state index contributed by atoms with van der Waals surface area (Å²) in [5.41, 5.74) is 1.99. The van der Waals surface area contributed by atoms with Gasteiger partial charge in [0.05, 0.1) is 23.7 Å². The number of aryl methyl sites for hydroxylation is 1. The number of sulfonamides is 1. The van der Waals surface area contributed by atoms with Crippen LogP contribution in [0.1, 0.15) is 21.5 Å². The van der Waals surface area contributed by atoms with E-state index in [4.69, 9.17) is 0 Å². The molecule has 0 saturated carbocycles. The first-order chi connectivity index (χ1) is 15.8. The highest BCUT2D eigenvalue weighted by molar-refractivity contribution is 7.89. The van der Waals surface area contributed by atoms with Crippen LogP contribution in [0.15, 0.2) is 83.8 Å². The maximum Gasteiger partial charge on any atom is 0.243 e. The molecule has 3 rings (SSSR count). The number of carbonyl (C=O) groups excluding carboxylic acids is 3. The van der Waals surface area contributed by atoms with Crippen molar-refractivity contribution in [2.45, 2.75) is 11.8 Å². The third-order valence-corrected chi connectivity index (χ3v) is 6.07. The lowest BCUT2D eigenvalue weighted by Crippen LogP contribution is -2.40. The van der Waals surface area contributed by atoms with Crippen LogP contribution >= 0.6 is 0 Å². The summed E-state index contributed by atoms with van der Waals surface area (Å²) in [6.07, 6.45) is 0. The summed E-state index contributed by atoms with van der Waals surface area (Å²) < 4.78 is 26.5. The van der Waals surface area contributed by atoms with Gasteiger partial charge in [0.25, 0.3) is 0 Å². The Labute approximate surface area is 192 Å². The zero-order valence-corrected chi connectivity index (χ0v) is 18.7. The number of benzene rings is 3. The highest BCUT2D eigenvalue weighted by atomic mass is 32.2. The number of nitrogens with one attached hydrogen (secondary N) is 3. The lowest BCUT2D eigenvalue weighted by atomic mass is 9.99. The molecule has 8 nitrogen and oxygen atoms in total. The lowest BCUT2D eigenvalue weighted by Gasteiger charge is -2.12. The molecule has 170 valence electrons. The van der Waals surface area contributed by atoms with E-state index in [2.05, 4.69) is 15.4 Å². The summed E-state index contributed by atoms with van der Waals surface area (Å²) in [7, 11) is -3.84. The topological polar surface area (TPSA) is 121 Å². The van der Waals surface area contributed by atoms with Crippen molar-refractivity contribution >= 4 is 33.3 Å². The van der Waals surface area contributed by atoms with Gasteiger partial charge in [0.2, 0.25) is 21.8 Å². The molecule has 0 radical (unpaired) electrons. The molecule has 0 heterocycles. The van der Waals surface area contributed by atoms with E-state index in [1.54, 1.807) is 66.7 Å². The van der Waals surface area contributed by atoms with Crippen molar-refractivity contribution in [1.82, 2.24) is 10.0 Å². The Kier molecular flexibility index (Phi) is 7.70. The van der Waals surface area contributed by atoms with Crippen LogP contribution in [0.2, 0.25) is 0 Å². The number of amides is 2. The van der Waals surface area contributed by atoms with Gasteiger partial charge in [0.1, 0.15) is 0 Å². The smallest absolute Gasteiger partial charge is 0.243 e. The molecule has 33 heavy (non-hydrogen) atoms. The molecule has 0 spiro atoms. The molecule has 0 aliphatic rings. The molecule has 0 unspecified atom stereocenters. The number of ketones is 1. The number of hydrogen-bond acceptors (Lipinski definition) is 5. The van der Waals surface area contributed by atoms with E-state index in [1.807, 2.05) is 6.92 Å². The fourth-order valence-corrected chi connectivity index (χ4v) is 3.98. The summed E-state index contributed by atoms with van der Waals surface area (Å²) in [5.74, 6) is -1.47. The van der Waals surface area contributed by atoms with E-state index in [1.165, 1.54) is 12.1 Å². The zero-order chi connectivity index (χ0) is 23.8. The third kappa shape index (κ3) is 6.58. The highest BCUT2D eigenvalue weighted by Crippen LogP contribution is 2.21. The van der Waals surface area contributed by atoms with Crippen molar-refractivity contribution in [3.8, 4) is 0 Å². The van der Waals surface area contributed by atoms with Crippen LogP contribution in [0.5, 0.6) is 0 Å². The second-order valence-corrected chi connectivity index (χ2v) is 8.97. The van der Waals surface area contributed by atoms with E-state index in [0.29, 0.717) is 16.8 Å². The second-order valence-electron chi connectivity index (χ2n) is 7.21. The molecule has 2 amide bonds. The molecule has 3 aromatic carbocycles. The molecule has 0 aliphatic carbocycles. The van der Waals surface area contributed by atoms with Gasteiger partial charge in [-0.1, -0.05) is 60.2 Å². The van der Waals surface area contributed by atoms with Crippen LogP contribution in [-0.2, 0) is 19.6 Å². The summed E-state index contributed by atoms with van der Waals surface area (Å²) in [6.45, 7) is 0.926. The Morgan fingerprint density at radius 2 is 1.42 bits per heavy atom. The van der Waals surface area contributed by atoms with Gasteiger partial charge in [-0.15, -0.1) is 0 Å². The van der Waals surface area contributed by atoms with Gasteiger partial charge in [-0.05, 0) is 31.2 Å². The van der Waals surface area contributed by atoms with Gasteiger partial charge < -0.3 is 10.6 Å². The molecule has 0 saturated heterocycles. The second kappa shape index (κ2) is 10.7. The summed E-state index contributed by atoms with van der Waals surface area (Å²) in [5, 5.41) is 4.98. The molecule has 3 aromatic rings. The molecule has 9 heteroatoms. The Morgan fingerprint density at radius 1 is 0.788 bits per heavy atom. The van der Waals surface area contributed by atoms with Gasteiger partial charge in [-0.25, -0.2) is 13.1 Å². The van der Waals surface area contributed by atoms with E-state index < -0.39 is 34.9 Å². The van der Waals surface area contributed by atoms with Crippen LogP contribution in [0.4, 0.5) is 5.69 Å². The largest absolute Gasteiger partial charge is 0.346 e. The van der Waals surface area contributed by atoms with Crippen LogP contribution in [-0.4, -0.2) is 39.1 Å². The van der Waals surface area contributed by atoms with Gasteiger partial charge in [-0.3, -0.25) is 14.4 Å². The quantitative estimate of drug-likeness (QED) is 0.419. The van der Waals surface area contributed by atoms with Crippen LogP contribution in [0, 0.1) is 6.92 Å². The first-order valence-corrected chi connectivity index (χ1v) is 11.6. The van der Waals surface area contributed by atoms with Crippen molar-refractivity contribution in [3.63, 3.8) is 0 Å². The maximum absolute atomic E-state index is 12.9. The molecular formula is C24H23N3O5S. The summed E-state index contributed by atoms with van der Waals surface area (Å²) in [4.78, 5) is 37.3. The van der Waals surface area contributed by atoms with Gasteiger partial charge in [0.15, 0.2) is 5.78 Å². The number of hydrogen-bond donors (Lipinski definition) is 3. The Morgan fingerprint density at radius 3 is 2.09 bits per heavy atom. The predicted molar refractivity (Wildman–Crippen MR) is 124 cm³/mol. The number of anilines is 1. The average Bonchev–Trinajstić information content (AvgIpc) is 2.83. The number of rotatable bonds is 9. The minimum atomic E-state index is -3.84.